The second kappa shape index (κ2) is 9.58. The molecular formula is C26H17F7N2O3. The molecular weight excluding hydrogens is 521 g/mol. The summed E-state index contributed by atoms with van der Waals surface area (Å²) in [6.07, 6.45) is -6.16. The molecule has 5 nitrogen and oxygen atoms in total. The van der Waals surface area contributed by atoms with E-state index >= 15 is 0 Å². The predicted octanol–water partition coefficient (Wildman–Crippen LogP) is 5.72. The Hall–Kier alpha value is -4.22. The molecule has 0 aromatic heterocycles. The third-order valence-corrected chi connectivity index (χ3v) is 6.24. The molecule has 1 N–H and O–H groups in total. The minimum atomic E-state index is -5.77. The van der Waals surface area contributed by atoms with Crippen LogP contribution in [0.4, 0.5) is 36.4 Å². The lowest BCUT2D eigenvalue weighted by Crippen LogP contribution is -2.48. The van der Waals surface area contributed by atoms with Crippen LogP contribution in [0.2, 0.25) is 0 Å². The number of nitrogens with one attached hydrogen (secondary N) is 1. The van der Waals surface area contributed by atoms with Gasteiger partial charge in [0.2, 0.25) is 5.91 Å². The van der Waals surface area contributed by atoms with E-state index in [2.05, 4.69) is 0 Å². The van der Waals surface area contributed by atoms with Gasteiger partial charge in [-0.05, 0) is 42.7 Å². The third-order valence-electron chi connectivity index (χ3n) is 6.24. The van der Waals surface area contributed by atoms with Crippen molar-refractivity contribution in [1.29, 1.82) is 0 Å². The summed E-state index contributed by atoms with van der Waals surface area (Å²) in [5.74, 6) is -13.8. The first-order valence-electron chi connectivity index (χ1n) is 11.0. The number of carbonyl (C=O) groups is 3. The Balaban J connectivity index is 1.78. The molecule has 0 radical (unpaired) electrons. The summed E-state index contributed by atoms with van der Waals surface area (Å²) in [5, 5.41) is 1.55. The Morgan fingerprint density at radius 1 is 0.842 bits per heavy atom. The molecule has 0 spiro atoms. The zero-order valence-electron chi connectivity index (χ0n) is 19.6. The summed E-state index contributed by atoms with van der Waals surface area (Å²) in [7, 11) is 0. The van der Waals surface area contributed by atoms with Crippen LogP contribution in [0.1, 0.15) is 43.0 Å². The summed E-state index contributed by atoms with van der Waals surface area (Å²) in [6.45, 7) is 3.54. The highest BCUT2D eigenvalue weighted by Crippen LogP contribution is 2.38. The van der Waals surface area contributed by atoms with Gasteiger partial charge < -0.3 is 5.32 Å². The van der Waals surface area contributed by atoms with E-state index in [0.717, 1.165) is 11.1 Å². The molecule has 4 rings (SSSR count). The summed E-state index contributed by atoms with van der Waals surface area (Å²) in [5.41, 5.74) is -2.70. The van der Waals surface area contributed by atoms with Crippen molar-refractivity contribution in [3.8, 4) is 0 Å². The number of carbonyl (C=O) groups excluding carboxylic acids is 3. The first-order chi connectivity index (χ1) is 17.7. The van der Waals surface area contributed by atoms with Crippen molar-refractivity contribution in [2.75, 3.05) is 5.32 Å². The van der Waals surface area contributed by atoms with E-state index in [-0.39, 0.29) is 17.5 Å². The smallest absolute Gasteiger partial charge is 0.319 e. The molecule has 0 saturated heterocycles. The van der Waals surface area contributed by atoms with Crippen molar-refractivity contribution in [3.05, 3.63) is 99.1 Å². The van der Waals surface area contributed by atoms with E-state index in [1.165, 1.54) is 24.3 Å². The molecule has 3 amide bonds. The number of amides is 3. The highest BCUT2D eigenvalue weighted by molar-refractivity contribution is 6.23. The maximum Gasteiger partial charge on any atom is 0.422 e. The largest absolute Gasteiger partial charge is 0.422 e. The lowest BCUT2D eigenvalue weighted by atomic mass is 9.99. The zero-order chi connectivity index (χ0) is 28.1. The van der Waals surface area contributed by atoms with E-state index in [0.29, 0.717) is 10.5 Å². The highest BCUT2D eigenvalue weighted by atomic mass is 19.4. The maximum absolute atomic E-state index is 14.5. The highest BCUT2D eigenvalue weighted by Gasteiger charge is 2.45. The molecule has 3 aromatic carbocycles. The van der Waals surface area contributed by atoms with Crippen molar-refractivity contribution in [2.45, 2.75) is 32.5 Å². The number of fused-ring (bicyclic) bond motifs is 1. The summed E-state index contributed by atoms with van der Waals surface area (Å²) in [6, 6.07) is 8.65. The van der Waals surface area contributed by atoms with E-state index in [9.17, 15) is 45.1 Å². The number of halogens is 7. The Labute approximate surface area is 210 Å². The normalized spacial score (nSPS) is 14.1. The van der Waals surface area contributed by atoms with Gasteiger partial charge >= 0.3 is 6.18 Å². The van der Waals surface area contributed by atoms with Gasteiger partial charge in [0, 0.05) is 6.42 Å². The Bertz CT molecular complexity index is 1440. The first kappa shape index (κ1) is 26.8. The zero-order valence-corrected chi connectivity index (χ0v) is 19.6. The van der Waals surface area contributed by atoms with E-state index < -0.39 is 64.5 Å². The first-order valence-corrected chi connectivity index (χ1v) is 11.0. The minimum Gasteiger partial charge on any atom is -0.319 e. The third kappa shape index (κ3) is 4.50. The molecule has 12 heteroatoms. The number of rotatable bonds is 5. The molecule has 0 bridgehead atoms. The van der Waals surface area contributed by atoms with Crippen molar-refractivity contribution < 1.29 is 45.1 Å². The van der Waals surface area contributed by atoms with Crippen LogP contribution in [0, 0.1) is 37.1 Å². The summed E-state index contributed by atoms with van der Waals surface area (Å²) >= 11 is 0. The van der Waals surface area contributed by atoms with Crippen LogP contribution in [0.15, 0.2) is 42.5 Å². The Morgan fingerprint density at radius 2 is 1.37 bits per heavy atom. The van der Waals surface area contributed by atoms with Gasteiger partial charge in [-0.15, -0.1) is 0 Å². The van der Waals surface area contributed by atoms with Gasteiger partial charge in [0.05, 0.1) is 11.1 Å². The van der Waals surface area contributed by atoms with Gasteiger partial charge in [-0.2, -0.15) is 13.2 Å². The molecule has 1 atom stereocenters. The number of nitrogens with zero attached hydrogens (tertiary/aromatic N) is 1. The molecule has 0 unspecified atom stereocenters. The quantitative estimate of drug-likeness (QED) is 0.257. The average molecular weight is 538 g/mol. The Kier molecular flexibility index (Phi) is 6.77. The molecule has 1 aliphatic rings. The van der Waals surface area contributed by atoms with Gasteiger partial charge in [0.15, 0.2) is 23.3 Å². The standard InChI is InChI=1S/C26H17F7N2O3/c1-11-7-8-13(9-12(11)2)10-16(35-24(37)14-5-3-4-6-15(14)25(35)38)23(36)34-22-20(29)18(27)17(26(31,32)33)19(28)21(22)30/h3-9,16H,10H2,1-2H3,(H,34,36)/t16-/m0/s1. The monoisotopic (exact) mass is 538 g/mol. The summed E-state index contributed by atoms with van der Waals surface area (Å²) < 4.78 is 96.0. The number of hydrogen-bond donors (Lipinski definition) is 1. The SMILES string of the molecule is Cc1ccc(C[C@@H](C(=O)Nc2c(F)c(F)c(C(F)(F)F)c(F)c2F)N2C(=O)c3ccccc3C2=O)cc1C. The fraction of sp³-hybridized carbons (Fsp3) is 0.192. The Morgan fingerprint density at radius 3 is 1.84 bits per heavy atom. The van der Waals surface area contributed by atoms with Gasteiger partial charge in [-0.25, -0.2) is 17.6 Å². The van der Waals surface area contributed by atoms with E-state index in [4.69, 9.17) is 0 Å². The van der Waals surface area contributed by atoms with Crippen molar-refractivity contribution >= 4 is 23.4 Å². The molecule has 198 valence electrons. The van der Waals surface area contributed by atoms with E-state index in [1.807, 2.05) is 0 Å². The van der Waals surface area contributed by atoms with Gasteiger partial charge in [-0.3, -0.25) is 19.3 Å². The number of alkyl halides is 3. The van der Waals surface area contributed by atoms with Crippen LogP contribution in [0.25, 0.3) is 0 Å². The second-order valence-electron chi connectivity index (χ2n) is 8.66. The van der Waals surface area contributed by atoms with Crippen LogP contribution < -0.4 is 5.32 Å². The average Bonchev–Trinajstić information content (AvgIpc) is 3.10. The van der Waals surface area contributed by atoms with Crippen molar-refractivity contribution in [2.24, 2.45) is 0 Å². The van der Waals surface area contributed by atoms with Gasteiger partial charge in [0.25, 0.3) is 11.8 Å². The maximum atomic E-state index is 14.5. The topological polar surface area (TPSA) is 66.5 Å². The molecule has 38 heavy (non-hydrogen) atoms. The van der Waals surface area contributed by atoms with Crippen molar-refractivity contribution in [3.63, 3.8) is 0 Å². The number of aryl methyl sites for hydroxylation is 2. The molecule has 3 aromatic rings. The lowest BCUT2D eigenvalue weighted by molar-refractivity contribution is -0.143. The number of anilines is 1. The fourth-order valence-electron chi connectivity index (χ4n) is 4.14. The molecule has 0 aliphatic carbocycles. The van der Waals surface area contributed by atoms with Crippen LogP contribution >= 0.6 is 0 Å². The lowest BCUT2D eigenvalue weighted by Gasteiger charge is -2.26. The van der Waals surface area contributed by atoms with Crippen LogP contribution in [-0.4, -0.2) is 28.7 Å². The van der Waals surface area contributed by atoms with Gasteiger partial charge in [0.1, 0.15) is 17.3 Å². The van der Waals surface area contributed by atoms with E-state index in [1.54, 1.807) is 37.4 Å². The predicted molar refractivity (Wildman–Crippen MR) is 120 cm³/mol. The number of benzene rings is 3. The van der Waals surface area contributed by atoms with Gasteiger partial charge in [-0.1, -0.05) is 30.3 Å². The van der Waals surface area contributed by atoms with Crippen LogP contribution in [-0.2, 0) is 17.4 Å². The summed E-state index contributed by atoms with van der Waals surface area (Å²) in [4.78, 5) is 39.9. The van der Waals surface area contributed by atoms with Crippen LogP contribution in [0.5, 0.6) is 0 Å². The number of imide groups is 1. The fourth-order valence-corrected chi connectivity index (χ4v) is 4.14. The van der Waals surface area contributed by atoms with Crippen LogP contribution in [0.3, 0.4) is 0 Å². The molecule has 0 fully saturated rings. The minimum absolute atomic E-state index is 0.0561. The van der Waals surface area contributed by atoms with Crippen molar-refractivity contribution in [1.82, 2.24) is 4.90 Å². The molecule has 0 saturated carbocycles. The molecule has 1 aliphatic heterocycles. The molecule has 1 heterocycles. The number of hydrogen-bond acceptors (Lipinski definition) is 3. The second-order valence-corrected chi connectivity index (χ2v) is 8.66.